The average molecular weight is 247 g/mol. The summed E-state index contributed by atoms with van der Waals surface area (Å²) in [5.74, 6) is 1.74. The third kappa shape index (κ3) is 4.07. The van der Waals surface area contributed by atoms with E-state index in [9.17, 15) is 0 Å². The quantitative estimate of drug-likeness (QED) is 0.808. The summed E-state index contributed by atoms with van der Waals surface area (Å²) >= 11 is 0. The topological polar surface area (TPSA) is 28.2 Å². The van der Waals surface area contributed by atoms with Gasteiger partial charge in [-0.15, -0.1) is 0 Å². The lowest BCUT2D eigenvalue weighted by Crippen LogP contribution is -2.41. The van der Waals surface area contributed by atoms with E-state index in [4.69, 9.17) is 0 Å². The number of nitrogens with one attached hydrogen (secondary N) is 1. The molecule has 0 radical (unpaired) electrons. The summed E-state index contributed by atoms with van der Waals surface area (Å²) < 4.78 is 0. The normalized spacial score (nSPS) is 25.2. The summed E-state index contributed by atoms with van der Waals surface area (Å²) in [6.45, 7) is 10.4. The van der Waals surface area contributed by atoms with Crippen LogP contribution < -0.4 is 5.32 Å². The van der Waals surface area contributed by atoms with Crippen LogP contribution in [0.2, 0.25) is 0 Å². The van der Waals surface area contributed by atoms with Crippen LogP contribution in [0.1, 0.15) is 25.8 Å². The predicted octanol–water partition coefficient (Wildman–Crippen LogP) is 2.15. The second kappa shape index (κ2) is 6.86. The zero-order valence-electron chi connectivity index (χ0n) is 11.6. The molecule has 1 N–H and O–H groups in total. The highest BCUT2D eigenvalue weighted by molar-refractivity contribution is 5.07. The Balaban J connectivity index is 1.61. The molecule has 1 aromatic rings. The van der Waals surface area contributed by atoms with Gasteiger partial charge in [-0.05, 0) is 36.4 Å². The number of piperidine rings is 1. The lowest BCUT2D eigenvalue weighted by molar-refractivity contribution is 0.139. The molecule has 0 aliphatic carbocycles. The van der Waals surface area contributed by atoms with Gasteiger partial charge in [-0.25, -0.2) is 0 Å². The molecule has 1 aliphatic rings. The Morgan fingerprint density at radius 2 is 2.28 bits per heavy atom. The van der Waals surface area contributed by atoms with Gasteiger partial charge in [0.2, 0.25) is 0 Å². The molecular weight excluding hydrogens is 222 g/mol. The fourth-order valence-corrected chi connectivity index (χ4v) is 2.52. The van der Waals surface area contributed by atoms with E-state index in [1.807, 2.05) is 18.5 Å². The molecule has 0 spiro atoms. The van der Waals surface area contributed by atoms with Gasteiger partial charge in [-0.1, -0.05) is 19.9 Å². The lowest BCUT2D eigenvalue weighted by atomic mass is 9.89. The van der Waals surface area contributed by atoms with Crippen molar-refractivity contribution >= 4 is 0 Å². The fraction of sp³-hybridized carbons (Fsp3) is 0.667. The predicted molar refractivity (Wildman–Crippen MR) is 75.3 cm³/mol. The minimum atomic E-state index is 0.845. The van der Waals surface area contributed by atoms with Gasteiger partial charge in [-0.2, -0.15) is 0 Å². The van der Waals surface area contributed by atoms with Crippen molar-refractivity contribution < 1.29 is 0 Å². The van der Waals surface area contributed by atoms with Crippen molar-refractivity contribution in [3.63, 3.8) is 0 Å². The molecule has 1 saturated heterocycles. The first-order valence-electron chi connectivity index (χ1n) is 7.07. The number of aromatic nitrogens is 1. The Morgan fingerprint density at radius 1 is 1.39 bits per heavy atom. The van der Waals surface area contributed by atoms with Gasteiger partial charge in [0, 0.05) is 38.6 Å². The highest BCUT2D eigenvalue weighted by Crippen LogP contribution is 2.21. The van der Waals surface area contributed by atoms with Gasteiger partial charge in [0.25, 0.3) is 0 Å². The van der Waals surface area contributed by atoms with Crippen LogP contribution in [0.25, 0.3) is 0 Å². The molecule has 2 unspecified atom stereocenters. The summed E-state index contributed by atoms with van der Waals surface area (Å²) in [5.41, 5.74) is 1.26. The maximum absolute atomic E-state index is 4.12. The molecule has 0 saturated carbocycles. The van der Waals surface area contributed by atoms with E-state index < -0.39 is 0 Å². The lowest BCUT2D eigenvalue weighted by Gasteiger charge is -2.35. The van der Waals surface area contributed by atoms with Crippen LogP contribution >= 0.6 is 0 Å². The van der Waals surface area contributed by atoms with Gasteiger partial charge in [0.05, 0.1) is 0 Å². The van der Waals surface area contributed by atoms with Gasteiger partial charge in [-0.3, -0.25) is 4.98 Å². The molecule has 0 bridgehead atoms. The number of pyridine rings is 1. The maximum atomic E-state index is 4.12. The molecule has 100 valence electrons. The molecule has 3 heteroatoms. The monoisotopic (exact) mass is 247 g/mol. The second-order valence-corrected chi connectivity index (χ2v) is 5.58. The van der Waals surface area contributed by atoms with E-state index in [-0.39, 0.29) is 0 Å². The molecule has 18 heavy (non-hydrogen) atoms. The second-order valence-electron chi connectivity index (χ2n) is 5.58. The highest BCUT2D eigenvalue weighted by Gasteiger charge is 2.21. The summed E-state index contributed by atoms with van der Waals surface area (Å²) in [5, 5.41) is 3.49. The maximum Gasteiger partial charge on any atom is 0.0312 e. The fourth-order valence-electron chi connectivity index (χ4n) is 2.52. The Kier molecular flexibility index (Phi) is 5.14. The minimum absolute atomic E-state index is 0.845. The summed E-state index contributed by atoms with van der Waals surface area (Å²) in [4.78, 5) is 6.71. The van der Waals surface area contributed by atoms with Crippen LogP contribution in [0.3, 0.4) is 0 Å². The van der Waals surface area contributed by atoms with Crippen molar-refractivity contribution in [1.82, 2.24) is 15.2 Å². The first kappa shape index (κ1) is 13.5. The van der Waals surface area contributed by atoms with Crippen LogP contribution in [0.5, 0.6) is 0 Å². The van der Waals surface area contributed by atoms with Gasteiger partial charge < -0.3 is 10.2 Å². The van der Waals surface area contributed by atoms with Crippen molar-refractivity contribution in [1.29, 1.82) is 0 Å². The van der Waals surface area contributed by atoms with E-state index in [1.165, 1.54) is 25.1 Å². The van der Waals surface area contributed by atoms with Gasteiger partial charge in [0.15, 0.2) is 0 Å². The van der Waals surface area contributed by atoms with E-state index in [0.717, 1.165) is 31.5 Å². The number of hydrogen-bond acceptors (Lipinski definition) is 3. The molecule has 0 amide bonds. The average Bonchev–Trinajstić information content (AvgIpc) is 2.40. The summed E-state index contributed by atoms with van der Waals surface area (Å²) in [6, 6.07) is 4.11. The Hall–Kier alpha value is -0.930. The Labute approximate surface area is 111 Å². The summed E-state index contributed by atoms with van der Waals surface area (Å²) in [7, 11) is 0. The molecular formula is C15H25N3. The molecule has 1 aliphatic heterocycles. The Morgan fingerprint density at radius 3 is 3.00 bits per heavy atom. The van der Waals surface area contributed by atoms with Crippen molar-refractivity contribution in [2.45, 2.75) is 26.8 Å². The van der Waals surface area contributed by atoms with Crippen molar-refractivity contribution in [2.24, 2.45) is 11.8 Å². The van der Waals surface area contributed by atoms with Crippen LogP contribution in [-0.2, 0) is 6.54 Å². The molecule has 0 aromatic carbocycles. The SMILES string of the molecule is CC1CCN(CCNCc2cccnc2)CC1C. The highest BCUT2D eigenvalue weighted by atomic mass is 15.1. The molecule has 2 rings (SSSR count). The molecule has 2 atom stereocenters. The van der Waals surface area contributed by atoms with Crippen LogP contribution in [0.4, 0.5) is 0 Å². The van der Waals surface area contributed by atoms with Crippen LogP contribution in [-0.4, -0.2) is 36.1 Å². The molecule has 3 nitrogen and oxygen atoms in total. The van der Waals surface area contributed by atoms with Crippen molar-refractivity contribution in [3.8, 4) is 0 Å². The number of hydrogen-bond donors (Lipinski definition) is 1. The first-order chi connectivity index (χ1) is 8.75. The third-order valence-corrected chi connectivity index (χ3v) is 4.07. The van der Waals surface area contributed by atoms with Crippen molar-refractivity contribution in [2.75, 3.05) is 26.2 Å². The zero-order valence-corrected chi connectivity index (χ0v) is 11.6. The standard InChI is InChI=1S/C15H25N3/c1-13-5-8-18(12-14(13)2)9-7-17-11-15-4-3-6-16-10-15/h3-4,6,10,13-14,17H,5,7-9,11-12H2,1-2H3. The van der Waals surface area contributed by atoms with Gasteiger partial charge in [0.1, 0.15) is 0 Å². The van der Waals surface area contributed by atoms with Gasteiger partial charge >= 0.3 is 0 Å². The van der Waals surface area contributed by atoms with Crippen LogP contribution in [0, 0.1) is 11.8 Å². The van der Waals surface area contributed by atoms with E-state index in [1.54, 1.807) is 0 Å². The minimum Gasteiger partial charge on any atom is -0.311 e. The number of nitrogens with zero attached hydrogens (tertiary/aromatic N) is 2. The zero-order chi connectivity index (χ0) is 12.8. The van der Waals surface area contributed by atoms with E-state index >= 15 is 0 Å². The molecule has 1 fully saturated rings. The number of rotatable bonds is 5. The first-order valence-corrected chi connectivity index (χ1v) is 7.07. The largest absolute Gasteiger partial charge is 0.311 e. The molecule has 1 aromatic heterocycles. The molecule has 2 heterocycles. The Bertz CT molecular complexity index is 339. The summed E-state index contributed by atoms with van der Waals surface area (Å²) in [6.07, 6.45) is 5.10. The van der Waals surface area contributed by atoms with E-state index in [2.05, 4.69) is 35.1 Å². The smallest absolute Gasteiger partial charge is 0.0312 e. The van der Waals surface area contributed by atoms with Crippen LogP contribution in [0.15, 0.2) is 24.5 Å². The van der Waals surface area contributed by atoms with E-state index in [0.29, 0.717) is 0 Å². The third-order valence-electron chi connectivity index (χ3n) is 4.07. The van der Waals surface area contributed by atoms with Crippen molar-refractivity contribution in [3.05, 3.63) is 30.1 Å². The number of likely N-dealkylation sites (tertiary alicyclic amines) is 1.